The second-order valence-corrected chi connectivity index (χ2v) is 5.99. The lowest BCUT2D eigenvalue weighted by molar-refractivity contribution is -0.137. The summed E-state index contributed by atoms with van der Waals surface area (Å²) in [4.78, 5) is 12.6. The Hall–Kier alpha value is -1.15. The molecule has 1 aliphatic carbocycles. The quantitative estimate of drug-likeness (QED) is 0.771. The van der Waals surface area contributed by atoms with Crippen LogP contribution in [0, 0.1) is 5.92 Å². The topological polar surface area (TPSA) is 26.3 Å². The molecule has 0 amide bonds. The Morgan fingerprint density at radius 1 is 1.32 bits per heavy atom. The second kappa shape index (κ2) is 5.09. The zero-order chi connectivity index (χ0) is 13.3. The predicted octanol–water partition coefficient (Wildman–Crippen LogP) is 3.78. The summed E-state index contributed by atoms with van der Waals surface area (Å²) in [7, 11) is 0. The summed E-state index contributed by atoms with van der Waals surface area (Å²) >= 11 is 0. The van der Waals surface area contributed by atoms with Gasteiger partial charge in [0.1, 0.15) is 0 Å². The van der Waals surface area contributed by atoms with Gasteiger partial charge in [-0.05, 0) is 44.1 Å². The third kappa shape index (κ3) is 2.46. The third-order valence-electron chi connectivity index (χ3n) is 4.78. The lowest BCUT2D eigenvalue weighted by atomic mass is 9.70. The van der Waals surface area contributed by atoms with Crippen LogP contribution in [0.4, 0.5) is 0 Å². The maximum Gasteiger partial charge on any atom is 0.166 e. The van der Waals surface area contributed by atoms with Crippen LogP contribution in [-0.4, -0.2) is 18.0 Å². The highest BCUT2D eigenvalue weighted by atomic mass is 16.5. The van der Waals surface area contributed by atoms with Gasteiger partial charge in [-0.2, -0.15) is 0 Å². The molecule has 1 saturated carbocycles. The Morgan fingerprint density at radius 2 is 2.05 bits per heavy atom. The number of aryl methyl sites for hydroxylation is 1. The van der Waals surface area contributed by atoms with Crippen molar-refractivity contribution in [1.29, 1.82) is 0 Å². The smallest absolute Gasteiger partial charge is 0.166 e. The summed E-state index contributed by atoms with van der Waals surface area (Å²) < 4.78 is 5.90. The van der Waals surface area contributed by atoms with Crippen molar-refractivity contribution < 1.29 is 9.53 Å². The van der Waals surface area contributed by atoms with Crippen LogP contribution < -0.4 is 0 Å². The van der Waals surface area contributed by atoms with Gasteiger partial charge in [-0.25, -0.2) is 0 Å². The van der Waals surface area contributed by atoms with Crippen molar-refractivity contribution in [2.24, 2.45) is 5.92 Å². The summed E-state index contributed by atoms with van der Waals surface area (Å²) in [6, 6.07) is 8.13. The first-order valence-corrected chi connectivity index (χ1v) is 7.49. The number of carbonyl (C=O) groups excluding carboxylic acids is 1. The Bertz CT molecular complexity index is 457. The highest BCUT2D eigenvalue weighted by molar-refractivity contribution is 5.98. The van der Waals surface area contributed by atoms with Crippen LogP contribution in [0.1, 0.15) is 54.9 Å². The highest BCUT2D eigenvalue weighted by Crippen LogP contribution is 2.44. The number of hydrogen-bond acceptors (Lipinski definition) is 2. The van der Waals surface area contributed by atoms with Gasteiger partial charge in [0.15, 0.2) is 5.78 Å². The average Bonchev–Trinajstić information content (AvgIpc) is 2.45. The number of ketones is 1. The van der Waals surface area contributed by atoms with Crippen molar-refractivity contribution in [3.63, 3.8) is 0 Å². The van der Waals surface area contributed by atoms with Crippen LogP contribution in [0.25, 0.3) is 0 Å². The fourth-order valence-electron chi connectivity index (χ4n) is 3.31. The van der Waals surface area contributed by atoms with Crippen LogP contribution in [0.2, 0.25) is 0 Å². The third-order valence-corrected chi connectivity index (χ3v) is 4.78. The lowest BCUT2D eigenvalue weighted by Crippen LogP contribution is -2.47. The number of rotatable bonds is 3. The summed E-state index contributed by atoms with van der Waals surface area (Å²) in [6.07, 6.45) is 6.38. The van der Waals surface area contributed by atoms with E-state index in [0.717, 1.165) is 44.3 Å². The Morgan fingerprint density at radius 3 is 2.63 bits per heavy atom. The number of carbonyl (C=O) groups is 1. The van der Waals surface area contributed by atoms with Crippen LogP contribution in [0.15, 0.2) is 24.3 Å². The molecule has 1 atom stereocenters. The summed E-state index contributed by atoms with van der Waals surface area (Å²) in [6.45, 7) is 2.89. The van der Waals surface area contributed by atoms with Crippen molar-refractivity contribution in [2.75, 3.05) is 6.61 Å². The number of hydrogen-bond donors (Lipinski definition) is 0. The van der Waals surface area contributed by atoms with Gasteiger partial charge in [0.25, 0.3) is 0 Å². The molecule has 0 radical (unpaired) electrons. The van der Waals surface area contributed by atoms with Crippen molar-refractivity contribution in [3.8, 4) is 0 Å². The van der Waals surface area contributed by atoms with Gasteiger partial charge in [0, 0.05) is 18.1 Å². The van der Waals surface area contributed by atoms with E-state index in [-0.39, 0.29) is 11.5 Å². The van der Waals surface area contributed by atoms with E-state index < -0.39 is 0 Å². The van der Waals surface area contributed by atoms with Crippen LogP contribution in [-0.2, 0) is 11.2 Å². The SMILES string of the molecule is CCc1ccc(C(=O)C2CCOC3(CCC3)C2)cc1. The molecule has 3 rings (SSSR count). The van der Waals surface area contributed by atoms with Crippen LogP contribution >= 0.6 is 0 Å². The molecule has 1 aromatic carbocycles. The monoisotopic (exact) mass is 258 g/mol. The molecular formula is C17H22O2. The van der Waals surface area contributed by atoms with E-state index in [0.29, 0.717) is 5.78 Å². The molecule has 19 heavy (non-hydrogen) atoms. The molecular weight excluding hydrogens is 236 g/mol. The minimum atomic E-state index is 0.0575. The van der Waals surface area contributed by atoms with Crippen molar-refractivity contribution in [1.82, 2.24) is 0 Å². The summed E-state index contributed by atoms with van der Waals surface area (Å²) in [5.74, 6) is 0.485. The summed E-state index contributed by atoms with van der Waals surface area (Å²) in [5.41, 5.74) is 2.22. The molecule has 2 nitrogen and oxygen atoms in total. The minimum absolute atomic E-state index is 0.0575. The van der Waals surface area contributed by atoms with Gasteiger partial charge in [-0.1, -0.05) is 31.2 Å². The number of benzene rings is 1. The van der Waals surface area contributed by atoms with Gasteiger partial charge in [0.05, 0.1) is 5.60 Å². The lowest BCUT2D eigenvalue weighted by Gasteiger charge is -2.46. The molecule has 2 fully saturated rings. The zero-order valence-corrected chi connectivity index (χ0v) is 11.7. The molecule has 0 bridgehead atoms. The van der Waals surface area contributed by atoms with Gasteiger partial charge in [-0.15, -0.1) is 0 Å². The molecule has 102 valence electrons. The molecule has 1 unspecified atom stereocenters. The fourth-order valence-corrected chi connectivity index (χ4v) is 3.31. The molecule has 2 aliphatic rings. The minimum Gasteiger partial charge on any atom is -0.375 e. The van der Waals surface area contributed by atoms with E-state index in [4.69, 9.17) is 4.74 Å². The normalized spacial score (nSPS) is 25.0. The molecule has 1 saturated heterocycles. The van der Waals surface area contributed by atoms with E-state index in [1.165, 1.54) is 12.0 Å². The standard InChI is InChI=1S/C17H22O2/c1-2-13-4-6-14(7-5-13)16(18)15-8-11-19-17(12-15)9-3-10-17/h4-7,15H,2-3,8-12H2,1H3. The van der Waals surface area contributed by atoms with Crippen molar-refractivity contribution in [3.05, 3.63) is 35.4 Å². The van der Waals surface area contributed by atoms with E-state index in [2.05, 4.69) is 19.1 Å². The molecule has 1 spiro atoms. The predicted molar refractivity (Wildman–Crippen MR) is 75.4 cm³/mol. The zero-order valence-electron chi connectivity index (χ0n) is 11.7. The fraction of sp³-hybridized carbons (Fsp3) is 0.588. The molecule has 0 aromatic heterocycles. The van der Waals surface area contributed by atoms with Crippen LogP contribution in [0.3, 0.4) is 0 Å². The van der Waals surface area contributed by atoms with Crippen molar-refractivity contribution in [2.45, 2.75) is 51.0 Å². The largest absolute Gasteiger partial charge is 0.375 e. The number of Topliss-reactive ketones (excluding diaryl/α,β-unsaturated/α-hetero) is 1. The first kappa shape index (κ1) is 12.9. The van der Waals surface area contributed by atoms with E-state index in [9.17, 15) is 4.79 Å². The molecule has 2 heteroatoms. The Kier molecular flexibility index (Phi) is 3.44. The number of ether oxygens (including phenoxy) is 1. The highest BCUT2D eigenvalue weighted by Gasteiger charge is 2.44. The van der Waals surface area contributed by atoms with Gasteiger partial charge < -0.3 is 4.74 Å². The first-order valence-electron chi connectivity index (χ1n) is 7.49. The molecule has 1 aromatic rings. The molecule has 1 heterocycles. The molecule has 1 aliphatic heterocycles. The average molecular weight is 258 g/mol. The van der Waals surface area contributed by atoms with Gasteiger partial charge in [0.2, 0.25) is 0 Å². The maximum atomic E-state index is 12.6. The first-order chi connectivity index (χ1) is 9.22. The van der Waals surface area contributed by atoms with E-state index in [1.54, 1.807) is 0 Å². The summed E-state index contributed by atoms with van der Waals surface area (Å²) in [5, 5.41) is 0. The van der Waals surface area contributed by atoms with E-state index >= 15 is 0 Å². The van der Waals surface area contributed by atoms with E-state index in [1.807, 2.05) is 12.1 Å². The molecule has 0 N–H and O–H groups in total. The second-order valence-electron chi connectivity index (χ2n) is 5.99. The van der Waals surface area contributed by atoms with Gasteiger partial charge in [-0.3, -0.25) is 4.79 Å². The van der Waals surface area contributed by atoms with Gasteiger partial charge >= 0.3 is 0 Å². The Balaban J connectivity index is 1.71. The maximum absolute atomic E-state index is 12.6. The van der Waals surface area contributed by atoms with Crippen molar-refractivity contribution >= 4 is 5.78 Å². The van der Waals surface area contributed by atoms with Crippen LogP contribution in [0.5, 0.6) is 0 Å². The Labute approximate surface area is 115 Å².